The zero-order valence-corrected chi connectivity index (χ0v) is 12.0. The van der Waals surface area contributed by atoms with Crippen molar-refractivity contribution in [2.75, 3.05) is 6.61 Å². The summed E-state index contributed by atoms with van der Waals surface area (Å²) in [4.78, 5) is 22.1. The summed E-state index contributed by atoms with van der Waals surface area (Å²) in [6, 6.07) is 5.08. The summed E-state index contributed by atoms with van der Waals surface area (Å²) in [6.45, 7) is 3.90. The molecule has 1 rings (SSSR count). The summed E-state index contributed by atoms with van der Waals surface area (Å²) < 4.78 is 6.02. The zero-order valence-electron chi connectivity index (χ0n) is 10.4. The number of hydrogen-bond donors (Lipinski definition) is 1. The second-order valence-corrected chi connectivity index (χ2v) is 4.83. The third-order valence-electron chi connectivity index (χ3n) is 2.47. The highest BCUT2D eigenvalue weighted by Gasteiger charge is 2.08. The Hall–Kier alpha value is -1.36. The molecule has 0 heterocycles. The molecule has 1 aromatic rings. The molecule has 0 bridgehead atoms. The van der Waals surface area contributed by atoms with E-state index in [0.717, 1.165) is 12.7 Å². The number of rotatable bonds is 6. The highest BCUT2D eigenvalue weighted by molar-refractivity contribution is 9.10. The van der Waals surface area contributed by atoms with Crippen LogP contribution in [0.3, 0.4) is 0 Å². The number of amides is 1. The van der Waals surface area contributed by atoms with Gasteiger partial charge in [-0.15, -0.1) is 0 Å². The van der Waals surface area contributed by atoms with E-state index in [4.69, 9.17) is 4.74 Å². The number of halogens is 1. The van der Waals surface area contributed by atoms with Crippen molar-refractivity contribution in [1.82, 2.24) is 5.32 Å². The number of ether oxygens (including phenoxy) is 1. The van der Waals surface area contributed by atoms with Gasteiger partial charge in [-0.25, -0.2) is 0 Å². The Kier molecular flexibility index (Phi) is 5.85. The molecule has 0 saturated carbocycles. The molecule has 1 amide bonds. The minimum absolute atomic E-state index is 0.0383. The molecule has 0 aliphatic rings. The SMILES string of the molecule is CCC(C)NC(=O)COc1ccc(C=O)cc1Br. The van der Waals surface area contributed by atoms with Crippen LogP contribution in [0.15, 0.2) is 22.7 Å². The van der Waals surface area contributed by atoms with E-state index in [-0.39, 0.29) is 18.6 Å². The predicted molar refractivity (Wildman–Crippen MR) is 72.9 cm³/mol. The van der Waals surface area contributed by atoms with Gasteiger partial charge in [-0.2, -0.15) is 0 Å². The molecule has 0 radical (unpaired) electrons. The van der Waals surface area contributed by atoms with E-state index < -0.39 is 0 Å². The summed E-state index contributed by atoms with van der Waals surface area (Å²) in [6.07, 6.45) is 1.63. The lowest BCUT2D eigenvalue weighted by atomic mass is 10.2. The molecular formula is C13H16BrNO3. The van der Waals surface area contributed by atoms with Crippen molar-refractivity contribution >= 4 is 28.1 Å². The molecule has 1 unspecified atom stereocenters. The van der Waals surface area contributed by atoms with Gasteiger partial charge in [0.25, 0.3) is 5.91 Å². The number of hydrogen-bond acceptors (Lipinski definition) is 3. The van der Waals surface area contributed by atoms with Crippen LogP contribution >= 0.6 is 15.9 Å². The molecule has 0 saturated heterocycles. The fourth-order valence-corrected chi connectivity index (χ4v) is 1.78. The van der Waals surface area contributed by atoms with Crippen LogP contribution in [0.1, 0.15) is 30.6 Å². The highest BCUT2D eigenvalue weighted by atomic mass is 79.9. The molecular weight excluding hydrogens is 298 g/mol. The van der Waals surface area contributed by atoms with Crippen molar-refractivity contribution in [1.29, 1.82) is 0 Å². The minimum atomic E-state index is -0.157. The number of carbonyl (C=O) groups is 2. The van der Waals surface area contributed by atoms with Gasteiger partial charge in [0.1, 0.15) is 12.0 Å². The first kappa shape index (κ1) is 14.7. The van der Waals surface area contributed by atoms with Crippen LogP contribution in [-0.4, -0.2) is 24.8 Å². The average Bonchev–Trinajstić information content (AvgIpc) is 2.36. The second-order valence-electron chi connectivity index (χ2n) is 3.97. The summed E-state index contributed by atoms with van der Waals surface area (Å²) in [5.74, 6) is 0.385. The van der Waals surface area contributed by atoms with Crippen molar-refractivity contribution in [3.05, 3.63) is 28.2 Å². The molecule has 1 N–H and O–H groups in total. The van der Waals surface area contributed by atoms with Crippen molar-refractivity contribution in [3.63, 3.8) is 0 Å². The first-order valence-corrected chi connectivity index (χ1v) is 6.53. The minimum Gasteiger partial charge on any atom is -0.483 e. The molecule has 4 nitrogen and oxygen atoms in total. The van der Waals surface area contributed by atoms with E-state index in [1.807, 2.05) is 13.8 Å². The van der Waals surface area contributed by atoms with Gasteiger partial charge in [0.2, 0.25) is 0 Å². The maximum atomic E-state index is 11.5. The van der Waals surface area contributed by atoms with Crippen LogP contribution in [0.4, 0.5) is 0 Å². The van der Waals surface area contributed by atoms with Gasteiger partial charge < -0.3 is 10.1 Å². The lowest BCUT2D eigenvalue weighted by molar-refractivity contribution is -0.123. The standard InChI is InChI=1S/C13H16BrNO3/c1-3-9(2)15-13(17)8-18-12-5-4-10(7-16)6-11(12)14/h4-7,9H,3,8H2,1-2H3,(H,15,17). The Bertz CT molecular complexity index is 434. The van der Waals surface area contributed by atoms with Gasteiger partial charge in [0.15, 0.2) is 6.61 Å². The molecule has 1 atom stereocenters. The van der Waals surface area contributed by atoms with Gasteiger partial charge in [-0.3, -0.25) is 9.59 Å². The van der Waals surface area contributed by atoms with Crippen molar-refractivity contribution in [2.45, 2.75) is 26.3 Å². The van der Waals surface area contributed by atoms with Crippen LogP contribution in [0.25, 0.3) is 0 Å². The van der Waals surface area contributed by atoms with Crippen molar-refractivity contribution in [3.8, 4) is 5.75 Å². The molecule has 0 aromatic heterocycles. The molecule has 98 valence electrons. The Balaban J connectivity index is 2.53. The Morgan fingerprint density at radius 1 is 1.56 bits per heavy atom. The average molecular weight is 314 g/mol. The molecule has 5 heteroatoms. The topological polar surface area (TPSA) is 55.4 Å². The van der Waals surface area contributed by atoms with Crippen LogP contribution in [0.2, 0.25) is 0 Å². The third-order valence-corrected chi connectivity index (χ3v) is 3.09. The fraction of sp³-hybridized carbons (Fsp3) is 0.385. The smallest absolute Gasteiger partial charge is 0.258 e. The summed E-state index contributed by atoms with van der Waals surface area (Å²) in [7, 11) is 0. The first-order chi connectivity index (χ1) is 8.56. The van der Waals surface area contributed by atoms with Gasteiger partial charge in [-0.1, -0.05) is 6.92 Å². The highest BCUT2D eigenvalue weighted by Crippen LogP contribution is 2.25. The fourth-order valence-electron chi connectivity index (χ4n) is 1.27. The van der Waals surface area contributed by atoms with E-state index in [0.29, 0.717) is 15.8 Å². The second kappa shape index (κ2) is 7.16. The lowest BCUT2D eigenvalue weighted by Gasteiger charge is -2.12. The zero-order chi connectivity index (χ0) is 13.5. The lowest BCUT2D eigenvalue weighted by Crippen LogP contribution is -2.35. The molecule has 1 aromatic carbocycles. The third kappa shape index (κ3) is 4.49. The van der Waals surface area contributed by atoms with Crippen LogP contribution < -0.4 is 10.1 Å². The summed E-state index contributed by atoms with van der Waals surface area (Å²) in [5.41, 5.74) is 0.554. The first-order valence-electron chi connectivity index (χ1n) is 5.73. The van der Waals surface area contributed by atoms with Crippen LogP contribution in [-0.2, 0) is 4.79 Å². The Labute approximate surface area is 115 Å². The van der Waals surface area contributed by atoms with Gasteiger partial charge in [0.05, 0.1) is 4.47 Å². The van der Waals surface area contributed by atoms with Gasteiger partial charge in [0, 0.05) is 11.6 Å². The number of carbonyl (C=O) groups excluding carboxylic acids is 2. The van der Waals surface area contributed by atoms with Crippen molar-refractivity contribution < 1.29 is 14.3 Å². The van der Waals surface area contributed by atoms with E-state index in [1.54, 1.807) is 18.2 Å². The number of benzene rings is 1. The number of nitrogens with one attached hydrogen (secondary N) is 1. The van der Waals surface area contributed by atoms with Crippen LogP contribution in [0, 0.1) is 0 Å². The quantitative estimate of drug-likeness (QED) is 0.821. The maximum Gasteiger partial charge on any atom is 0.258 e. The van der Waals surface area contributed by atoms with E-state index in [1.165, 1.54) is 0 Å². The summed E-state index contributed by atoms with van der Waals surface area (Å²) >= 11 is 3.29. The largest absolute Gasteiger partial charge is 0.483 e. The van der Waals surface area contributed by atoms with Crippen LogP contribution in [0.5, 0.6) is 5.75 Å². The summed E-state index contributed by atoms with van der Waals surface area (Å²) in [5, 5.41) is 2.81. The van der Waals surface area contributed by atoms with E-state index >= 15 is 0 Å². The maximum absolute atomic E-state index is 11.5. The predicted octanol–water partition coefficient (Wildman–Crippen LogP) is 2.56. The van der Waals surface area contributed by atoms with E-state index in [9.17, 15) is 9.59 Å². The normalized spacial score (nSPS) is 11.7. The molecule has 0 fully saturated rings. The molecule has 18 heavy (non-hydrogen) atoms. The van der Waals surface area contributed by atoms with Crippen molar-refractivity contribution in [2.24, 2.45) is 0 Å². The van der Waals surface area contributed by atoms with E-state index in [2.05, 4.69) is 21.2 Å². The monoisotopic (exact) mass is 313 g/mol. The Morgan fingerprint density at radius 2 is 2.28 bits per heavy atom. The number of aldehydes is 1. The van der Waals surface area contributed by atoms with Gasteiger partial charge in [-0.05, 0) is 47.5 Å². The Morgan fingerprint density at radius 3 is 2.83 bits per heavy atom. The molecule has 0 spiro atoms. The van der Waals surface area contributed by atoms with Gasteiger partial charge >= 0.3 is 0 Å². The molecule has 0 aliphatic heterocycles. The molecule has 0 aliphatic carbocycles.